The second-order valence-corrected chi connectivity index (χ2v) is 23.3. The molecule has 0 spiro atoms. The topological polar surface area (TPSA) is 92.2 Å². The van der Waals surface area contributed by atoms with E-state index in [1.54, 1.807) is 0 Å². The fourth-order valence-corrected chi connectivity index (χ4v) is 16.0. The van der Waals surface area contributed by atoms with Crippen LogP contribution in [0.1, 0.15) is 0 Å². The Kier molecular flexibility index (Phi) is 20.9. The molecule has 0 aliphatic rings. The van der Waals surface area contributed by atoms with Crippen molar-refractivity contribution in [1.29, 1.82) is 0 Å². The van der Waals surface area contributed by atoms with Crippen LogP contribution in [0.15, 0.2) is 273 Å². The third-order valence-electron chi connectivity index (χ3n) is 9.13. The molecule has 0 saturated carbocycles. The summed E-state index contributed by atoms with van der Waals surface area (Å²) in [6.07, 6.45) is 0. The van der Waals surface area contributed by atoms with E-state index in [1.165, 1.54) is 44.9 Å². The molecule has 4 nitrogen and oxygen atoms in total. The van der Waals surface area contributed by atoms with Gasteiger partial charge in [0.05, 0.1) is 0 Å². The molecule has 0 aromatic heterocycles. The maximum atomic E-state index is 8.49. The number of benzene rings is 9. The van der Waals surface area contributed by atoms with E-state index in [9.17, 15) is 0 Å². The normalized spacial score (nSPS) is 10.5. The minimum absolute atomic E-state index is 0. The van der Waals surface area contributed by atoms with Gasteiger partial charge in [0.15, 0.2) is 0 Å². The fourth-order valence-electron chi connectivity index (χ4n) is 6.54. The summed E-state index contributed by atoms with van der Waals surface area (Å²) in [5.41, 5.74) is 0. The van der Waals surface area contributed by atoms with E-state index in [4.69, 9.17) is 18.6 Å². The van der Waals surface area contributed by atoms with Crippen molar-refractivity contribution < 1.29 is 49.9 Å². The summed E-state index contributed by atoms with van der Waals surface area (Å²) < 4.78 is 38.4. The van der Waals surface area contributed by atoms with Crippen LogP contribution in [0.2, 0.25) is 0 Å². The van der Waals surface area contributed by atoms with Crippen molar-refractivity contribution in [3.8, 4) is 0 Å². The molecule has 0 aliphatic heterocycles. The van der Waals surface area contributed by atoms with E-state index in [0.29, 0.717) is 0 Å². The Morgan fingerprint density at radius 1 is 0.238 bits per heavy atom. The van der Waals surface area contributed by atoms with Gasteiger partial charge in [-0.2, -0.15) is 0 Å². The molecule has 0 unspecified atom stereocenters. The van der Waals surface area contributed by atoms with Crippen LogP contribution in [0.5, 0.6) is 0 Å². The average Bonchev–Trinajstić information content (AvgIpc) is 3.32. The predicted octanol–water partition coefficient (Wildman–Crippen LogP) is 4.07. The van der Waals surface area contributed by atoms with E-state index < -0.39 is 40.7 Å². The molecule has 0 aliphatic carbocycles. The number of hydrogen-bond donors (Lipinski definition) is 0. The molecule has 0 heterocycles. The van der Waals surface area contributed by atoms with Gasteiger partial charge in [-0.05, 0) is 47.7 Å². The van der Waals surface area contributed by atoms with Crippen molar-refractivity contribution in [2.75, 3.05) is 0 Å². The Balaban J connectivity index is 0.000000168. The van der Waals surface area contributed by atoms with Crippen LogP contribution in [0.4, 0.5) is 0 Å². The van der Waals surface area contributed by atoms with Gasteiger partial charge in [0.2, 0.25) is 0 Å². The van der Waals surface area contributed by atoms with Crippen LogP contribution in [0.3, 0.4) is 0 Å². The first-order chi connectivity index (χ1) is 30.3. The van der Waals surface area contributed by atoms with Crippen LogP contribution in [0, 0.1) is 10.2 Å². The molecule has 0 amide bonds. The molecule has 318 valence electrons. The molecule has 0 saturated heterocycles. The van der Waals surface area contributed by atoms with E-state index in [1.807, 2.05) is 0 Å². The summed E-state index contributed by atoms with van der Waals surface area (Å²) in [6, 6.07) is 97.4. The van der Waals surface area contributed by atoms with Crippen LogP contribution >= 0.6 is 15.8 Å². The monoisotopic (exact) mass is 1130 g/mol. The van der Waals surface area contributed by atoms with Gasteiger partial charge in [0.1, 0.15) is 0 Å². The number of halogens is 1. The average molecular weight is 1130 g/mol. The van der Waals surface area contributed by atoms with Crippen LogP contribution < -0.4 is 63.5 Å². The first-order valence-corrected chi connectivity index (χ1v) is 26.6. The van der Waals surface area contributed by atoms with Gasteiger partial charge in [-0.15, -0.1) is 10.2 Å². The Morgan fingerprint density at radius 3 is 0.508 bits per heavy atom. The summed E-state index contributed by atoms with van der Waals surface area (Å²) in [6.45, 7) is 0. The van der Waals surface area contributed by atoms with Gasteiger partial charge in [-0.25, -0.2) is 18.6 Å². The molecule has 9 heteroatoms. The summed E-state index contributed by atoms with van der Waals surface area (Å²) in [4.78, 5) is 0. The summed E-state index contributed by atoms with van der Waals surface area (Å²) in [5, 5.41) is 8.39. The molecule has 9 aromatic carbocycles. The van der Waals surface area contributed by atoms with Crippen molar-refractivity contribution in [3.63, 3.8) is 0 Å². The predicted molar refractivity (Wildman–Crippen MR) is 256 cm³/mol. The Labute approximate surface area is 395 Å². The quantitative estimate of drug-likeness (QED) is 0.161. The molecule has 1 radical (unpaired) electrons. The molecule has 0 bridgehead atoms. The minimum atomic E-state index is -4.94. The van der Waals surface area contributed by atoms with E-state index in [-0.39, 0.29) is 21.1 Å². The molecule has 9 aromatic rings. The first kappa shape index (κ1) is 49.2. The standard InChI is InChI=1S/C18H15As.2C18H15P.ClHO4.Pt.H/c3*1-4-10-16(11-5-1)19(17-12-6-2-7-13-17)18-14-8-3-9-15-18;2-1(3,4)5;;/h3*1-15H;(H,2,3,4,5);;/q;;;;+1;/p-1. The SMILES string of the molecule is [O-][Cl+3]([O-])([O-])[O-].[PtH+].c1ccc(P(c2ccccc2)c2ccccc2)cc1.c1ccc(P(c2ccccc2)c2ccccc2)cc1.c1ccc([As](c2ccccc2)c2ccccc2)cc1. The maximum absolute atomic E-state index is 8.49. The van der Waals surface area contributed by atoms with E-state index >= 15 is 0 Å². The zero-order valence-electron chi connectivity index (χ0n) is 34.2. The second kappa shape index (κ2) is 26.8. The van der Waals surface area contributed by atoms with Gasteiger partial charge >= 0.3 is 140 Å². The van der Waals surface area contributed by atoms with Gasteiger partial charge in [0.25, 0.3) is 0 Å². The van der Waals surface area contributed by atoms with Crippen LogP contribution in [-0.4, -0.2) is 14.7 Å². The van der Waals surface area contributed by atoms with Crippen LogP contribution in [-0.2, 0) is 21.1 Å². The van der Waals surface area contributed by atoms with Crippen molar-refractivity contribution in [2.24, 2.45) is 0 Å². The van der Waals surface area contributed by atoms with Crippen molar-refractivity contribution in [1.82, 2.24) is 0 Å². The van der Waals surface area contributed by atoms with Crippen LogP contribution in [0.25, 0.3) is 0 Å². The zero-order valence-corrected chi connectivity index (χ0v) is 41.0. The fraction of sp³-hybridized carbons (Fsp3) is 0. The Morgan fingerprint density at radius 2 is 0.365 bits per heavy atom. The van der Waals surface area contributed by atoms with Gasteiger partial charge in [-0.1, -0.05) is 182 Å². The molecule has 0 N–H and O–H groups in total. The molecule has 63 heavy (non-hydrogen) atoms. The van der Waals surface area contributed by atoms with Gasteiger partial charge in [0, 0.05) is 0 Å². The molecule has 9 rings (SSSR count). The van der Waals surface area contributed by atoms with Crippen molar-refractivity contribution in [2.45, 2.75) is 0 Å². The summed E-state index contributed by atoms with van der Waals surface area (Å²) in [7, 11) is -5.84. The van der Waals surface area contributed by atoms with E-state index in [2.05, 4.69) is 273 Å². The van der Waals surface area contributed by atoms with Crippen molar-refractivity contribution >= 4 is 75.4 Å². The van der Waals surface area contributed by atoms with Gasteiger partial charge in [-0.3, -0.25) is 0 Å². The Hall–Kier alpha value is -4.78. The zero-order chi connectivity index (χ0) is 43.2. The van der Waals surface area contributed by atoms with Crippen molar-refractivity contribution in [3.05, 3.63) is 273 Å². The van der Waals surface area contributed by atoms with Gasteiger partial charge < -0.3 is 0 Å². The summed E-state index contributed by atoms with van der Waals surface area (Å²) >= 11 is -1.39. The first-order valence-electron chi connectivity index (χ1n) is 19.8. The number of rotatable bonds is 9. The molecule has 0 atom stereocenters. The Bertz CT molecular complexity index is 1980. The third-order valence-corrected chi connectivity index (χ3v) is 19.1. The molecular formula is C54H46AsClO4P2Pt. The van der Waals surface area contributed by atoms with E-state index in [0.717, 1.165) is 0 Å². The number of hydrogen-bond acceptors (Lipinski definition) is 4. The molecule has 0 fully saturated rings. The second-order valence-electron chi connectivity index (χ2n) is 13.4. The molecular weight excluding hydrogens is 1080 g/mol. The summed E-state index contributed by atoms with van der Waals surface area (Å²) in [5.74, 6) is 0. The third kappa shape index (κ3) is 16.4.